The topological polar surface area (TPSA) is 69.7 Å². The molecule has 0 saturated carbocycles. The van der Waals surface area contributed by atoms with Gasteiger partial charge in [0, 0.05) is 20.8 Å². The number of halogens is 3. The standard InChI is InChI=1S/C22H17F3O5S2/c1-2-21(26)29-17-13-15-20(16-14-17)31(18-9-5-3-6-10-18,19-11-7-4-8-12-19)30-32(27,28)22(23,24)25/h2-16H,1H2. The Morgan fingerprint density at radius 1 is 0.781 bits per heavy atom. The summed E-state index contributed by atoms with van der Waals surface area (Å²) in [4.78, 5) is 12.1. The molecule has 0 radical (unpaired) electrons. The molecule has 0 aliphatic rings. The highest BCUT2D eigenvalue weighted by Crippen LogP contribution is 2.70. The molecule has 5 nitrogen and oxygen atoms in total. The summed E-state index contributed by atoms with van der Waals surface area (Å²) >= 11 is 0. The van der Waals surface area contributed by atoms with E-state index in [9.17, 15) is 26.4 Å². The van der Waals surface area contributed by atoms with E-state index in [4.69, 9.17) is 8.37 Å². The molecule has 0 bridgehead atoms. The zero-order valence-electron chi connectivity index (χ0n) is 16.4. The molecule has 0 spiro atoms. The van der Waals surface area contributed by atoms with Crippen molar-refractivity contribution >= 4 is 26.4 Å². The van der Waals surface area contributed by atoms with Crippen LogP contribution in [0.2, 0.25) is 0 Å². The Morgan fingerprint density at radius 3 is 1.62 bits per heavy atom. The van der Waals surface area contributed by atoms with Gasteiger partial charge in [0.05, 0.1) is 0 Å². The first-order valence-corrected chi connectivity index (χ1v) is 12.0. The fraction of sp³-hybridized carbons (Fsp3) is 0.0455. The summed E-state index contributed by atoms with van der Waals surface area (Å²) < 4.78 is 74.7. The molecule has 3 aromatic rings. The van der Waals surface area contributed by atoms with Gasteiger partial charge in [0.2, 0.25) is 0 Å². The maximum absolute atomic E-state index is 13.4. The van der Waals surface area contributed by atoms with E-state index in [1.807, 2.05) is 0 Å². The number of carbonyl (C=O) groups excluding carboxylic acids is 1. The predicted octanol–water partition coefficient (Wildman–Crippen LogP) is 5.84. The minimum absolute atomic E-state index is 0.103. The lowest BCUT2D eigenvalue weighted by Gasteiger charge is -2.39. The Morgan fingerprint density at radius 2 is 1.22 bits per heavy atom. The smallest absolute Gasteiger partial charge is 0.423 e. The Kier molecular flexibility index (Phi) is 6.77. The molecule has 0 aliphatic carbocycles. The van der Waals surface area contributed by atoms with E-state index in [1.165, 1.54) is 48.5 Å². The first kappa shape index (κ1) is 23.6. The van der Waals surface area contributed by atoms with Crippen LogP contribution in [0.15, 0.2) is 112 Å². The molecule has 3 rings (SSSR count). The number of benzene rings is 3. The minimum atomic E-state index is -5.99. The molecule has 0 atom stereocenters. The van der Waals surface area contributed by atoms with Gasteiger partial charge in [-0.05, 0) is 58.8 Å². The van der Waals surface area contributed by atoms with Crippen LogP contribution in [0.1, 0.15) is 0 Å². The molecule has 168 valence electrons. The number of ether oxygens (including phenoxy) is 1. The van der Waals surface area contributed by atoms with Crippen molar-refractivity contribution in [1.82, 2.24) is 0 Å². The van der Waals surface area contributed by atoms with Gasteiger partial charge in [-0.2, -0.15) is 25.2 Å². The minimum Gasteiger partial charge on any atom is -0.423 e. The Hall–Kier alpha value is -3.08. The second kappa shape index (κ2) is 9.19. The van der Waals surface area contributed by atoms with E-state index in [0.29, 0.717) is 0 Å². The van der Waals surface area contributed by atoms with Gasteiger partial charge in [0.15, 0.2) is 0 Å². The van der Waals surface area contributed by atoms with Crippen LogP contribution in [0.4, 0.5) is 13.2 Å². The molecule has 0 aliphatic heterocycles. The fourth-order valence-corrected chi connectivity index (χ4v) is 7.52. The maximum Gasteiger partial charge on any atom is 0.524 e. The lowest BCUT2D eigenvalue weighted by Crippen LogP contribution is -2.27. The van der Waals surface area contributed by atoms with Gasteiger partial charge in [-0.25, -0.2) is 4.79 Å². The van der Waals surface area contributed by atoms with Crippen LogP contribution in [0.5, 0.6) is 5.75 Å². The third kappa shape index (κ3) is 4.72. The highest BCUT2D eigenvalue weighted by atomic mass is 32.3. The molecule has 0 heterocycles. The van der Waals surface area contributed by atoms with Gasteiger partial charge in [-0.1, -0.05) is 43.0 Å². The normalized spacial score (nSPS) is 12.7. The third-order valence-electron chi connectivity index (χ3n) is 4.17. The van der Waals surface area contributed by atoms with Gasteiger partial charge in [-0.15, -0.1) is 0 Å². The second-order valence-electron chi connectivity index (χ2n) is 6.25. The molecular weight excluding hydrogens is 465 g/mol. The molecule has 0 aromatic heterocycles. The SMILES string of the molecule is C=CC(=O)Oc1ccc(S(OS(=O)(=O)C(F)(F)F)(c2ccccc2)c2ccccc2)cc1. The maximum atomic E-state index is 13.4. The summed E-state index contributed by atoms with van der Waals surface area (Å²) in [6.45, 7) is 3.29. The molecule has 0 fully saturated rings. The summed E-state index contributed by atoms with van der Waals surface area (Å²) in [6.07, 6.45) is 0.955. The average Bonchev–Trinajstić information content (AvgIpc) is 2.78. The highest BCUT2D eigenvalue weighted by Gasteiger charge is 2.52. The summed E-state index contributed by atoms with van der Waals surface area (Å²) in [5.74, 6) is -0.620. The summed E-state index contributed by atoms with van der Waals surface area (Å²) in [7, 11) is -9.39. The number of rotatable bonds is 7. The van der Waals surface area contributed by atoms with Gasteiger partial charge >= 0.3 is 21.6 Å². The lowest BCUT2D eigenvalue weighted by molar-refractivity contribution is -0.128. The summed E-state index contributed by atoms with van der Waals surface area (Å²) in [5, 5.41) is 0. The van der Waals surface area contributed by atoms with Crippen molar-refractivity contribution in [1.29, 1.82) is 0 Å². The molecule has 10 heteroatoms. The molecule has 0 saturated heterocycles. The van der Waals surface area contributed by atoms with Crippen LogP contribution in [0.3, 0.4) is 0 Å². The number of alkyl halides is 3. The molecule has 3 aromatic carbocycles. The van der Waals surface area contributed by atoms with Crippen molar-refractivity contribution in [2.75, 3.05) is 0 Å². The van der Waals surface area contributed by atoms with E-state index < -0.39 is 31.9 Å². The number of hydrogen-bond acceptors (Lipinski definition) is 5. The summed E-state index contributed by atoms with van der Waals surface area (Å²) in [6, 6.07) is 21.0. The van der Waals surface area contributed by atoms with Gasteiger partial charge in [0.1, 0.15) is 5.75 Å². The monoisotopic (exact) mass is 482 g/mol. The Balaban J connectivity index is 2.29. The zero-order chi connectivity index (χ0) is 23.4. The molecule has 0 amide bonds. The van der Waals surface area contributed by atoms with Crippen LogP contribution in [0, 0.1) is 0 Å². The van der Waals surface area contributed by atoms with E-state index in [2.05, 4.69) is 6.58 Å². The molecule has 32 heavy (non-hydrogen) atoms. The van der Waals surface area contributed by atoms with Crippen LogP contribution < -0.4 is 4.74 Å². The number of carbonyl (C=O) groups is 1. The van der Waals surface area contributed by atoms with Crippen molar-refractivity contribution in [2.24, 2.45) is 0 Å². The number of esters is 1. The largest absolute Gasteiger partial charge is 0.524 e. The van der Waals surface area contributed by atoms with Crippen molar-refractivity contribution in [3.8, 4) is 5.75 Å². The highest BCUT2D eigenvalue weighted by molar-refractivity contribution is 8.33. The van der Waals surface area contributed by atoms with E-state index in [1.54, 1.807) is 36.4 Å². The number of hydrogen-bond donors (Lipinski definition) is 0. The third-order valence-corrected chi connectivity index (χ3v) is 9.07. The lowest BCUT2D eigenvalue weighted by atomic mass is 10.3. The van der Waals surface area contributed by atoms with Crippen LogP contribution in [-0.4, -0.2) is 19.9 Å². The summed E-state index contributed by atoms with van der Waals surface area (Å²) in [5.41, 5.74) is -5.63. The first-order chi connectivity index (χ1) is 15.1. The van der Waals surface area contributed by atoms with E-state index in [0.717, 1.165) is 6.08 Å². The predicted molar refractivity (Wildman–Crippen MR) is 114 cm³/mol. The molecule has 0 unspecified atom stereocenters. The van der Waals surface area contributed by atoms with Crippen molar-refractivity contribution in [3.63, 3.8) is 0 Å². The zero-order valence-corrected chi connectivity index (χ0v) is 18.0. The second-order valence-corrected chi connectivity index (χ2v) is 10.7. The average molecular weight is 483 g/mol. The fourth-order valence-electron chi connectivity index (χ4n) is 2.78. The van der Waals surface area contributed by atoms with Crippen LogP contribution in [-0.2, 0) is 18.5 Å². The van der Waals surface area contributed by atoms with Gasteiger partial charge in [0.25, 0.3) is 0 Å². The van der Waals surface area contributed by atoms with E-state index >= 15 is 0 Å². The van der Waals surface area contributed by atoms with Crippen molar-refractivity contribution in [3.05, 3.63) is 97.6 Å². The van der Waals surface area contributed by atoms with Crippen molar-refractivity contribution < 1.29 is 34.7 Å². The van der Waals surface area contributed by atoms with Crippen LogP contribution in [0.25, 0.3) is 0 Å². The Bertz CT molecular complexity index is 1150. The molecular formula is C22H17F3O5S2. The Labute approximate surface area is 184 Å². The molecule has 0 N–H and O–H groups in total. The van der Waals surface area contributed by atoms with E-state index in [-0.39, 0.29) is 20.4 Å². The van der Waals surface area contributed by atoms with Crippen LogP contribution >= 0.6 is 10.3 Å². The van der Waals surface area contributed by atoms with Gasteiger partial charge < -0.3 is 4.74 Å². The first-order valence-electron chi connectivity index (χ1n) is 9.00. The van der Waals surface area contributed by atoms with Crippen molar-refractivity contribution in [2.45, 2.75) is 20.2 Å². The quantitative estimate of drug-likeness (QED) is 0.183. The van der Waals surface area contributed by atoms with Gasteiger partial charge in [-0.3, -0.25) is 0 Å².